The van der Waals surface area contributed by atoms with Crippen molar-refractivity contribution in [2.75, 3.05) is 11.5 Å². The van der Waals surface area contributed by atoms with Gasteiger partial charge in [-0.2, -0.15) is 0 Å². The lowest BCUT2D eigenvalue weighted by Gasteiger charge is -2.07. The van der Waals surface area contributed by atoms with E-state index in [1.807, 2.05) is 0 Å². The van der Waals surface area contributed by atoms with E-state index in [9.17, 15) is 9.59 Å². The van der Waals surface area contributed by atoms with Crippen LogP contribution in [-0.2, 0) is 32.3 Å². The molecule has 2 aromatic rings. The number of rotatable bonds is 6. The van der Waals surface area contributed by atoms with E-state index in [1.165, 1.54) is 0 Å². The first-order chi connectivity index (χ1) is 11.0. The zero-order chi connectivity index (χ0) is 16.7. The second-order valence-electron chi connectivity index (χ2n) is 4.98. The Morgan fingerprint density at radius 1 is 0.696 bits per heavy atom. The van der Waals surface area contributed by atoms with E-state index in [0.717, 1.165) is 11.1 Å². The predicted octanol–water partition coefficient (Wildman–Crippen LogP) is 2.03. The van der Waals surface area contributed by atoms with Gasteiger partial charge in [-0.1, -0.05) is 24.3 Å². The fourth-order valence-electron chi connectivity index (χ4n) is 1.78. The molecule has 0 fully saturated rings. The summed E-state index contributed by atoms with van der Waals surface area (Å²) < 4.78 is 10.0. The van der Waals surface area contributed by atoms with Gasteiger partial charge in [0, 0.05) is 11.4 Å². The summed E-state index contributed by atoms with van der Waals surface area (Å²) in [5.41, 5.74) is 14.0. The van der Waals surface area contributed by atoms with Crippen LogP contribution in [0.5, 0.6) is 0 Å². The Labute approximate surface area is 134 Å². The topological polar surface area (TPSA) is 105 Å². The highest BCUT2D eigenvalue weighted by molar-refractivity contribution is 5.91. The molecule has 0 aliphatic rings. The average molecular weight is 314 g/mol. The Hall–Kier alpha value is -3.02. The highest BCUT2D eigenvalue weighted by atomic mass is 16.6. The summed E-state index contributed by atoms with van der Waals surface area (Å²) in [4.78, 5) is 23.2. The summed E-state index contributed by atoms with van der Waals surface area (Å²) in [6, 6.07) is 13.9. The van der Waals surface area contributed by atoms with Crippen molar-refractivity contribution in [3.8, 4) is 0 Å². The molecule has 0 bridgehead atoms. The first kappa shape index (κ1) is 16.4. The summed E-state index contributed by atoms with van der Waals surface area (Å²) in [5.74, 6) is -1.27. The van der Waals surface area contributed by atoms with Crippen LogP contribution in [0.2, 0.25) is 0 Å². The predicted molar refractivity (Wildman–Crippen MR) is 85.9 cm³/mol. The molecule has 0 aliphatic heterocycles. The summed E-state index contributed by atoms with van der Waals surface area (Å²) in [6.45, 7) is 0.175. The molecule has 0 unspecified atom stereocenters. The number of carbonyl (C=O) groups excluding carboxylic acids is 2. The molecule has 0 heterocycles. The molecule has 0 saturated carbocycles. The molecule has 0 amide bonds. The van der Waals surface area contributed by atoms with Gasteiger partial charge in [-0.25, -0.2) is 0 Å². The maximum Gasteiger partial charge on any atom is 0.317 e. The van der Waals surface area contributed by atoms with Crippen molar-refractivity contribution < 1.29 is 19.1 Å². The standard InChI is InChI=1S/C17H18N2O4/c18-14-5-1-12(2-6-14)10-22-16(20)9-17(21)23-11-13-3-7-15(19)8-4-13/h1-8H,9-11,18-19H2. The number of anilines is 2. The van der Waals surface area contributed by atoms with Crippen molar-refractivity contribution in [2.24, 2.45) is 0 Å². The molecule has 6 heteroatoms. The summed E-state index contributed by atoms with van der Waals surface area (Å²) >= 11 is 0. The number of nitrogen functional groups attached to an aromatic ring is 2. The van der Waals surface area contributed by atoms with E-state index >= 15 is 0 Å². The van der Waals surface area contributed by atoms with Crippen molar-refractivity contribution in [2.45, 2.75) is 19.6 Å². The summed E-state index contributed by atoms with van der Waals surface area (Å²) in [7, 11) is 0. The maximum atomic E-state index is 11.6. The van der Waals surface area contributed by atoms with Gasteiger partial charge in [0.1, 0.15) is 19.6 Å². The van der Waals surface area contributed by atoms with E-state index in [2.05, 4.69) is 0 Å². The molecule has 0 aliphatic carbocycles. The molecular weight excluding hydrogens is 296 g/mol. The number of benzene rings is 2. The molecule has 120 valence electrons. The Morgan fingerprint density at radius 3 is 1.39 bits per heavy atom. The number of carbonyl (C=O) groups is 2. The van der Waals surface area contributed by atoms with Crippen LogP contribution in [0.4, 0.5) is 11.4 Å². The normalized spacial score (nSPS) is 10.1. The van der Waals surface area contributed by atoms with Gasteiger partial charge >= 0.3 is 11.9 Å². The third-order valence-electron chi connectivity index (χ3n) is 3.05. The third-order valence-corrected chi connectivity index (χ3v) is 3.05. The Kier molecular flexibility index (Phi) is 5.57. The Balaban J connectivity index is 1.70. The molecule has 4 N–H and O–H groups in total. The minimum atomic E-state index is -0.635. The highest BCUT2D eigenvalue weighted by Crippen LogP contribution is 2.09. The SMILES string of the molecule is Nc1ccc(COC(=O)CC(=O)OCc2ccc(N)cc2)cc1. The van der Waals surface area contributed by atoms with Crippen molar-refractivity contribution in [1.82, 2.24) is 0 Å². The minimum absolute atomic E-state index is 0.0877. The van der Waals surface area contributed by atoms with Crippen LogP contribution >= 0.6 is 0 Å². The summed E-state index contributed by atoms with van der Waals surface area (Å²) in [5, 5.41) is 0. The quantitative estimate of drug-likeness (QED) is 0.480. The molecule has 0 radical (unpaired) electrons. The number of esters is 2. The van der Waals surface area contributed by atoms with Gasteiger partial charge in [0.25, 0.3) is 0 Å². The second kappa shape index (κ2) is 7.84. The molecule has 6 nitrogen and oxygen atoms in total. The number of hydrogen-bond donors (Lipinski definition) is 2. The van der Waals surface area contributed by atoms with Crippen LogP contribution in [0.25, 0.3) is 0 Å². The smallest absolute Gasteiger partial charge is 0.317 e. The van der Waals surface area contributed by atoms with Crippen LogP contribution in [0, 0.1) is 0 Å². The maximum absolute atomic E-state index is 11.6. The largest absolute Gasteiger partial charge is 0.460 e. The van der Waals surface area contributed by atoms with Gasteiger partial charge in [0.2, 0.25) is 0 Å². The van der Waals surface area contributed by atoms with Crippen molar-refractivity contribution in [3.05, 3.63) is 59.7 Å². The molecule has 2 rings (SSSR count). The van der Waals surface area contributed by atoms with E-state index < -0.39 is 18.4 Å². The van der Waals surface area contributed by atoms with Crippen LogP contribution in [0.15, 0.2) is 48.5 Å². The zero-order valence-corrected chi connectivity index (χ0v) is 12.5. The number of nitrogens with two attached hydrogens (primary N) is 2. The molecule has 2 aromatic carbocycles. The first-order valence-electron chi connectivity index (χ1n) is 7.03. The van der Waals surface area contributed by atoms with Crippen LogP contribution in [0.3, 0.4) is 0 Å². The first-order valence-corrected chi connectivity index (χ1v) is 7.03. The average Bonchev–Trinajstić information content (AvgIpc) is 2.54. The monoisotopic (exact) mass is 314 g/mol. The van der Waals surface area contributed by atoms with Crippen molar-refractivity contribution >= 4 is 23.3 Å². The second-order valence-corrected chi connectivity index (χ2v) is 4.98. The van der Waals surface area contributed by atoms with Gasteiger partial charge in [-0.3, -0.25) is 9.59 Å². The summed E-state index contributed by atoms with van der Waals surface area (Å²) in [6.07, 6.45) is -0.427. The van der Waals surface area contributed by atoms with E-state index in [0.29, 0.717) is 11.4 Å². The molecule has 0 saturated heterocycles. The lowest BCUT2D eigenvalue weighted by molar-refractivity contribution is -0.156. The third kappa shape index (κ3) is 5.70. The van der Waals surface area contributed by atoms with Gasteiger partial charge < -0.3 is 20.9 Å². The molecule has 0 spiro atoms. The van der Waals surface area contributed by atoms with Gasteiger partial charge in [-0.05, 0) is 35.4 Å². The van der Waals surface area contributed by atoms with Crippen molar-refractivity contribution in [3.63, 3.8) is 0 Å². The van der Waals surface area contributed by atoms with Crippen LogP contribution in [-0.4, -0.2) is 11.9 Å². The van der Waals surface area contributed by atoms with Crippen molar-refractivity contribution in [1.29, 1.82) is 0 Å². The lowest BCUT2D eigenvalue weighted by atomic mass is 10.2. The Morgan fingerprint density at radius 2 is 1.04 bits per heavy atom. The van der Waals surface area contributed by atoms with Crippen LogP contribution < -0.4 is 11.5 Å². The fourth-order valence-corrected chi connectivity index (χ4v) is 1.78. The number of ether oxygens (including phenoxy) is 2. The molecule has 0 aromatic heterocycles. The highest BCUT2D eigenvalue weighted by Gasteiger charge is 2.12. The molecular formula is C17H18N2O4. The van der Waals surface area contributed by atoms with E-state index in [1.54, 1.807) is 48.5 Å². The van der Waals surface area contributed by atoms with Gasteiger partial charge in [0.15, 0.2) is 0 Å². The van der Waals surface area contributed by atoms with Crippen LogP contribution in [0.1, 0.15) is 17.5 Å². The van der Waals surface area contributed by atoms with E-state index in [4.69, 9.17) is 20.9 Å². The van der Waals surface area contributed by atoms with E-state index in [-0.39, 0.29) is 13.2 Å². The minimum Gasteiger partial charge on any atom is -0.460 e. The number of hydrogen-bond acceptors (Lipinski definition) is 6. The Bertz CT molecular complexity index is 606. The van der Waals surface area contributed by atoms with Gasteiger partial charge in [-0.15, -0.1) is 0 Å². The lowest BCUT2D eigenvalue weighted by Crippen LogP contribution is -2.13. The van der Waals surface area contributed by atoms with Gasteiger partial charge in [0.05, 0.1) is 0 Å². The molecule has 23 heavy (non-hydrogen) atoms. The molecule has 0 atom stereocenters. The fraction of sp³-hybridized carbons (Fsp3) is 0.176. The zero-order valence-electron chi connectivity index (χ0n) is 12.5.